The van der Waals surface area contributed by atoms with Gasteiger partial charge in [-0.2, -0.15) is 0 Å². The van der Waals surface area contributed by atoms with Crippen molar-refractivity contribution in [3.05, 3.63) is 35.4 Å². The Hall–Kier alpha value is -0.900. The highest BCUT2D eigenvalue weighted by atomic mass is 16.5. The van der Waals surface area contributed by atoms with Crippen LogP contribution < -0.4 is 5.73 Å². The third-order valence-electron chi connectivity index (χ3n) is 4.65. The molecule has 1 saturated heterocycles. The smallest absolute Gasteiger partial charge is 0.0675 e. The molecule has 1 aliphatic carbocycles. The molecule has 20 heavy (non-hydrogen) atoms. The van der Waals surface area contributed by atoms with Crippen molar-refractivity contribution in [2.45, 2.75) is 50.8 Å². The quantitative estimate of drug-likeness (QED) is 0.917. The number of morpholine rings is 1. The van der Waals surface area contributed by atoms with Crippen molar-refractivity contribution in [1.29, 1.82) is 0 Å². The Balaban J connectivity index is 1.77. The van der Waals surface area contributed by atoms with E-state index in [4.69, 9.17) is 10.5 Å². The highest BCUT2D eigenvalue weighted by Gasteiger charge is 2.30. The van der Waals surface area contributed by atoms with E-state index in [-0.39, 0.29) is 0 Å². The summed E-state index contributed by atoms with van der Waals surface area (Å²) in [5.41, 5.74) is 8.91. The number of nitrogens with two attached hydrogens (primary N) is 1. The fourth-order valence-corrected chi connectivity index (χ4v) is 3.23. The largest absolute Gasteiger partial charge is 0.376 e. The maximum absolute atomic E-state index is 6.07. The first-order valence-electron chi connectivity index (χ1n) is 7.86. The first-order valence-corrected chi connectivity index (χ1v) is 7.86. The van der Waals surface area contributed by atoms with E-state index < -0.39 is 0 Å². The van der Waals surface area contributed by atoms with Gasteiger partial charge in [0.2, 0.25) is 0 Å². The third-order valence-corrected chi connectivity index (χ3v) is 4.65. The molecule has 1 saturated carbocycles. The lowest BCUT2D eigenvalue weighted by Gasteiger charge is -2.41. The number of nitrogens with zero attached hydrogens (tertiary/aromatic N) is 1. The molecule has 1 heterocycles. The summed E-state index contributed by atoms with van der Waals surface area (Å²) in [6.45, 7) is 6.81. The van der Waals surface area contributed by atoms with Crippen LogP contribution in [0.3, 0.4) is 0 Å². The van der Waals surface area contributed by atoms with Gasteiger partial charge in [0.05, 0.1) is 12.7 Å². The lowest BCUT2D eigenvalue weighted by molar-refractivity contribution is -0.0653. The van der Waals surface area contributed by atoms with Crippen LogP contribution in [-0.4, -0.2) is 36.7 Å². The Kier molecular flexibility index (Phi) is 4.11. The molecule has 3 nitrogen and oxygen atoms in total. The molecule has 3 atom stereocenters. The van der Waals surface area contributed by atoms with Gasteiger partial charge < -0.3 is 10.5 Å². The Morgan fingerprint density at radius 3 is 2.55 bits per heavy atom. The molecule has 2 fully saturated rings. The molecule has 3 rings (SSSR count). The molecule has 0 radical (unpaired) electrons. The van der Waals surface area contributed by atoms with E-state index in [2.05, 4.69) is 43.0 Å². The molecule has 2 N–H and O–H groups in total. The van der Waals surface area contributed by atoms with Crippen LogP contribution in [0.5, 0.6) is 0 Å². The third kappa shape index (κ3) is 2.90. The summed E-state index contributed by atoms with van der Waals surface area (Å²) in [7, 11) is 0. The maximum Gasteiger partial charge on any atom is 0.0675 e. The van der Waals surface area contributed by atoms with E-state index in [1.54, 1.807) is 0 Å². The van der Waals surface area contributed by atoms with Crippen LogP contribution in [-0.2, 0) is 4.74 Å². The fourth-order valence-electron chi connectivity index (χ4n) is 3.23. The number of rotatable bonds is 4. The highest BCUT2D eigenvalue weighted by molar-refractivity contribution is 5.30. The van der Waals surface area contributed by atoms with Gasteiger partial charge in [0.15, 0.2) is 0 Å². The van der Waals surface area contributed by atoms with Crippen LogP contribution in [0.4, 0.5) is 0 Å². The van der Waals surface area contributed by atoms with Gasteiger partial charge in [-0.15, -0.1) is 0 Å². The van der Waals surface area contributed by atoms with Crippen molar-refractivity contribution in [2.24, 2.45) is 5.73 Å². The van der Waals surface area contributed by atoms with E-state index in [1.807, 2.05) is 0 Å². The Morgan fingerprint density at radius 2 is 1.95 bits per heavy atom. The summed E-state index contributed by atoms with van der Waals surface area (Å²) in [5, 5.41) is 0. The fraction of sp³-hybridized carbons (Fsp3) is 0.647. The SMILES string of the molecule is CC1CN(C(CN)c2ccc(C3CC3)cc2)C(C)CO1. The van der Waals surface area contributed by atoms with Crippen molar-refractivity contribution < 1.29 is 4.74 Å². The average molecular weight is 274 g/mol. The zero-order valence-corrected chi connectivity index (χ0v) is 12.6. The summed E-state index contributed by atoms with van der Waals surface area (Å²) in [5.74, 6) is 0.822. The molecule has 3 heteroatoms. The van der Waals surface area contributed by atoms with Gasteiger partial charge in [0, 0.05) is 25.2 Å². The Morgan fingerprint density at radius 1 is 1.25 bits per heavy atom. The van der Waals surface area contributed by atoms with Gasteiger partial charge in [-0.3, -0.25) is 4.90 Å². The van der Waals surface area contributed by atoms with Gasteiger partial charge in [-0.1, -0.05) is 24.3 Å². The van der Waals surface area contributed by atoms with Gasteiger partial charge in [-0.25, -0.2) is 0 Å². The van der Waals surface area contributed by atoms with E-state index in [0.717, 1.165) is 19.1 Å². The van der Waals surface area contributed by atoms with Crippen LogP contribution in [0.2, 0.25) is 0 Å². The molecule has 2 aliphatic rings. The minimum atomic E-state index is 0.297. The lowest BCUT2D eigenvalue weighted by Crippen LogP contribution is -2.50. The Bertz CT molecular complexity index is 441. The molecular formula is C17H26N2O. The van der Waals surface area contributed by atoms with Crippen molar-refractivity contribution in [3.63, 3.8) is 0 Å². The van der Waals surface area contributed by atoms with Crippen molar-refractivity contribution >= 4 is 0 Å². The van der Waals surface area contributed by atoms with Crippen molar-refractivity contribution in [2.75, 3.05) is 19.7 Å². The zero-order valence-electron chi connectivity index (χ0n) is 12.6. The van der Waals surface area contributed by atoms with E-state index in [9.17, 15) is 0 Å². The maximum atomic E-state index is 6.07. The summed E-state index contributed by atoms with van der Waals surface area (Å²) in [6, 6.07) is 9.89. The average Bonchev–Trinajstić information content (AvgIpc) is 3.29. The molecule has 110 valence electrons. The highest BCUT2D eigenvalue weighted by Crippen LogP contribution is 2.40. The molecule has 1 aliphatic heterocycles. The number of benzene rings is 1. The van der Waals surface area contributed by atoms with Crippen LogP contribution in [0.25, 0.3) is 0 Å². The summed E-state index contributed by atoms with van der Waals surface area (Å²) >= 11 is 0. The molecule has 3 unspecified atom stereocenters. The molecule has 1 aromatic rings. The first kappa shape index (κ1) is 14.1. The van der Waals surface area contributed by atoms with Crippen LogP contribution in [0, 0.1) is 0 Å². The molecule has 0 bridgehead atoms. The summed E-state index contributed by atoms with van der Waals surface area (Å²) < 4.78 is 5.73. The van der Waals surface area contributed by atoms with E-state index in [1.165, 1.54) is 24.0 Å². The lowest BCUT2D eigenvalue weighted by atomic mass is 9.99. The molecular weight excluding hydrogens is 248 g/mol. The minimum Gasteiger partial charge on any atom is -0.376 e. The Labute approximate surface area is 122 Å². The molecule has 0 spiro atoms. The predicted octanol–water partition coefficient (Wildman–Crippen LogP) is 2.67. The molecule has 0 aromatic heterocycles. The van der Waals surface area contributed by atoms with Gasteiger partial charge in [0.1, 0.15) is 0 Å². The second kappa shape index (κ2) is 5.84. The number of ether oxygens (including phenoxy) is 1. The van der Waals surface area contributed by atoms with Crippen LogP contribution in [0.1, 0.15) is 49.8 Å². The summed E-state index contributed by atoms with van der Waals surface area (Å²) in [6.07, 6.45) is 3.01. The molecule has 0 amide bonds. The van der Waals surface area contributed by atoms with Gasteiger partial charge >= 0.3 is 0 Å². The van der Waals surface area contributed by atoms with E-state index >= 15 is 0 Å². The monoisotopic (exact) mass is 274 g/mol. The topological polar surface area (TPSA) is 38.5 Å². The normalized spacial score (nSPS) is 29.4. The zero-order chi connectivity index (χ0) is 14.1. The second-order valence-electron chi connectivity index (χ2n) is 6.38. The predicted molar refractivity (Wildman–Crippen MR) is 81.8 cm³/mol. The van der Waals surface area contributed by atoms with Crippen molar-refractivity contribution in [3.8, 4) is 0 Å². The van der Waals surface area contributed by atoms with Crippen molar-refractivity contribution in [1.82, 2.24) is 4.90 Å². The first-order chi connectivity index (χ1) is 9.69. The van der Waals surface area contributed by atoms with Crippen LogP contribution >= 0.6 is 0 Å². The van der Waals surface area contributed by atoms with Gasteiger partial charge in [0.25, 0.3) is 0 Å². The number of hydrogen-bond acceptors (Lipinski definition) is 3. The van der Waals surface area contributed by atoms with E-state index in [0.29, 0.717) is 24.7 Å². The molecule has 1 aromatic carbocycles. The second-order valence-corrected chi connectivity index (χ2v) is 6.38. The van der Waals surface area contributed by atoms with Crippen LogP contribution in [0.15, 0.2) is 24.3 Å². The standard InChI is InChI=1S/C17H26N2O/c1-12-11-20-13(2)10-19(12)17(9-18)16-7-5-15(6-8-16)14-3-4-14/h5-8,12-14,17H,3-4,9-11,18H2,1-2H3. The van der Waals surface area contributed by atoms with Gasteiger partial charge in [-0.05, 0) is 43.7 Å². The summed E-state index contributed by atoms with van der Waals surface area (Å²) in [4.78, 5) is 2.50. The minimum absolute atomic E-state index is 0.297. The number of hydrogen-bond donors (Lipinski definition) is 1.